The molecule has 3 aliphatic carbocycles. The van der Waals surface area contributed by atoms with Gasteiger partial charge in [0.15, 0.2) is 0 Å². The van der Waals surface area contributed by atoms with Crippen LogP contribution in [0, 0.1) is 18.8 Å². The Labute approximate surface area is 336 Å². The summed E-state index contributed by atoms with van der Waals surface area (Å²) in [6.45, 7) is 4.79. The topological polar surface area (TPSA) is 162 Å². The number of aliphatic hydroxyl groups is 3. The van der Waals surface area contributed by atoms with Crippen LogP contribution in [0.1, 0.15) is 95.5 Å². The van der Waals surface area contributed by atoms with Gasteiger partial charge in [0.1, 0.15) is 11.6 Å². The summed E-state index contributed by atoms with van der Waals surface area (Å²) in [7, 11) is 2.18. The molecule has 6 atom stereocenters. The first kappa shape index (κ1) is 39.6. The number of carbonyl (C=O) groups excluding carboxylic acids is 2. The lowest BCUT2D eigenvalue weighted by Gasteiger charge is -2.45. The van der Waals surface area contributed by atoms with E-state index in [0.29, 0.717) is 48.1 Å². The number of piperidine rings is 1. The second kappa shape index (κ2) is 16.9. The molecule has 1 amide bonds. The number of rotatable bonds is 14. The van der Waals surface area contributed by atoms with Crippen molar-refractivity contribution >= 4 is 45.6 Å². The number of thiophene rings is 2. The lowest BCUT2D eigenvalue weighted by Crippen LogP contribution is -2.58. The number of carbonyl (C=O) groups is 2. The SMILES string of the molecule is Cc1ccc(C(O)(C(=O)OC2CCC(N(C)CCCn3nnc4cc(CNC[C@H](O)C5CCC(O)C6NC(=O)CCC65)c5c(c43)CCC5)CC2)c2cccs2)s1. The van der Waals surface area contributed by atoms with Crippen LogP contribution in [0.3, 0.4) is 0 Å². The fraction of sp³-hybridized carbons (Fsp3) is 0.619. The molecule has 4 aromatic rings. The van der Waals surface area contributed by atoms with Crippen LogP contribution < -0.4 is 10.6 Å². The highest BCUT2D eigenvalue weighted by Crippen LogP contribution is 2.40. The molecule has 3 fully saturated rings. The Hall–Kier alpha value is -3.24. The number of benzene rings is 1. The van der Waals surface area contributed by atoms with Crippen LogP contribution in [-0.4, -0.2) is 97.6 Å². The molecular weight excluding hydrogens is 749 g/mol. The standard InChI is InChI=1S/C42H56N6O6S2/c1-25-9-17-37(56-25)42(53,36-8-4-21-55-36)41(52)54-28-12-10-27(11-13-28)47(2)19-5-20-48-40-32-7-3-6-29(32)26(22-33(40)45-46-48)23-43-24-35(50)30-14-16-34(49)39-31(30)15-18-38(51)44-39/h4,8-9,17,21-22,27-28,30-31,34-35,39,43,49-50,53H,3,5-7,10-16,18-20,23-24H2,1-2H3,(H,44,51)/t27?,28?,30?,31?,34?,35-,39?,42?/m0/s1. The minimum atomic E-state index is -1.78. The zero-order valence-electron chi connectivity index (χ0n) is 32.5. The third kappa shape index (κ3) is 7.95. The molecule has 12 nitrogen and oxygen atoms in total. The van der Waals surface area contributed by atoms with Gasteiger partial charge in [-0.2, -0.15) is 0 Å². The molecule has 4 aliphatic rings. The number of hydrogen-bond donors (Lipinski definition) is 5. The highest BCUT2D eigenvalue weighted by Gasteiger charge is 2.46. The Balaban J connectivity index is 0.821. The molecule has 14 heteroatoms. The zero-order valence-corrected chi connectivity index (χ0v) is 34.1. The monoisotopic (exact) mass is 804 g/mol. The van der Waals surface area contributed by atoms with E-state index < -0.39 is 23.8 Å². The number of ether oxygens (including phenoxy) is 1. The van der Waals surface area contributed by atoms with Crippen LogP contribution in [0.25, 0.3) is 11.0 Å². The number of nitrogens with one attached hydrogen (secondary N) is 2. The van der Waals surface area contributed by atoms with Gasteiger partial charge in [0.05, 0.1) is 33.5 Å². The van der Waals surface area contributed by atoms with Gasteiger partial charge in [0.2, 0.25) is 11.5 Å². The quantitative estimate of drug-likeness (QED) is 0.114. The van der Waals surface area contributed by atoms with E-state index in [2.05, 4.69) is 43.6 Å². The van der Waals surface area contributed by atoms with Gasteiger partial charge in [-0.15, -0.1) is 27.8 Å². The maximum absolute atomic E-state index is 13.6. The predicted molar refractivity (Wildman–Crippen MR) is 216 cm³/mol. The Morgan fingerprint density at radius 3 is 2.70 bits per heavy atom. The molecule has 4 heterocycles. The molecule has 0 spiro atoms. The summed E-state index contributed by atoms with van der Waals surface area (Å²) in [5.74, 6) is -0.439. The molecule has 1 aromatic carbocycles. The lowest BCUT2D eigenvalue weighted by atomic mass is 9.68. The average molecular weight is 805 g/mol. The second-order valence-corrected chi connectivity index (χ2v) is 18.8. The highest BCUT2D eigenvalue weighted by atomic mass is 32.1. The molecule has 1 saturated heterocycles. The van der Waals surface area contributed by atoms with E-state index in [1.807, 2.05) is 30.5 Å². The van der Waals surface area contributed by atoms with E-state index in [9.17, 15) is 24.9 Å². The number of nitrogens with zero attached hydrogens (tertiary/aromatic N) is 4. The zero-order chi connectivity index (χ0) is 39.0. The summed E-state index contributed by atoms with van der Waals surface area (Å²) in [5, 5.41) is 51.1. The van der Waals surface area contributed by atoms with E-state index in [-0.39, 0.29) is 29.9 Å². The number of esters is 1. The molecule has 1 aliphatic heterocycles. The van der Waals surface area contributed by atoms with Crippen molar-refractivity contribution < 1.29 is 29.6 Å². The molecule has 5 N–H and O–H groups in total. The largest absolute Gasteiger partial charge is 0.460 e. The van der Waals surface area contributed by atoms with Crippen LogP contribution in [0.2, 0.25) is 0 Å². The van der Waals surface area contributed by atoms with Gasteiger partial charge >= 0.3 is 5.97 Å². The molecular formula is C42H56N6O6S2. The van der Waals surface area contributed by atoms with Crippen LogP contribution in [-0.2, 0) is 45.9 Å². The molecule has 0 radical (unpaired) electrons. The molecule has 0 bridgehead atoms. The number of aliphatic hydroxyl groups excluding tert-OH is 2. The minimum absolute atomic E-state index is 0.00514. The molecule has 3 aromatic heterocycles. The van der Waals surface area contributed by atoms with E-state index in [4.69, 9.17) is 4.74 Å². The smallest absolute Gasteiger partial charge is 0.349 e. The normalized spacial score (nSPS) is 26.8. The predicted octanol–water partition coefficient (Wildman–Crippen LogP) is 4.58. The van der Waals surface area contributed by atoms with Crippen molar-refractivity contribution in [1.29, 1.82) is 0 Å². The number of amides is 1. The maximum Gasteiger partial charge on any atom is 0.349 e. The fourth-order valence-electron chi connectivity index (χ4n) is 10.0. The van der Waals surface area contributed by atoms with E-state index in [1.165, 1.54) is 39.4 Å². The highest BCUT2D eigenvalue weighted by molar-refractivity contribution is 7.13. The molecule has 302 valence electrons. The third-order valence-corrected chi connectivity index (χ3v) is 15.2. The van der Waals surface area contributed by atoms with Gasteiger partial charge in [-0.05, 0) is 149 Å². The Morgan fingerprint density at radius 2 is 1.93 bits per heavy atom. The minimum Gasteiger partial charge on any atom is -0.460 e. The average Bonchev–Trinajstić information content (AvgIpc) is 4.03. The Morgan fingerprint density at radius 1 is 1.11 bits per heavy atom. The summed E-state index contributed by atoms with van der Waals surface area (Å²) in [5.41, 5.74) is 4.26. The summed E-state index contributed by atoms with van der Waals surface area (Å²) in [4.78, 5) is 30.2. The Kier molecular flexibility index (Phi) is 12.0. The van der Waals surface area contributed by atoms with Crippen LogP contribution in [0.15, 0.2) is 35.7 Å². The molecule has 56 heavy (non-hydrogen) atoms. The van der Waals surface area contributed by atoms with Gasteiger partial charge < -0.3 is 35.6 Å². The number of hydrogen-bond acceptors (Lipinski definition) is 12. The molecule has 8 rings (SSSR count). The molecule has 2 saturated carbocycles. The summed E-state index contributed by atoms with van der Waals surface area (Å²) < 4.78 is 8.11. The number of aryl methyl sites for hydroxylation is 3. The fourth-order valence-corrected chi connectivity index (χ4v) is 11.9. The number of aromatic nitrogens is 3. The van der Waals surface area contributed by atoms with Crippen LogP contribution in [0.5, 0.6) is 0 Å². The molecule has 5 unspecified atom stereocenters. The van der Waals surface area contributed by atoms with Crippen molar-refractivity contribution in [1.82, 2.24) is 30.5 Å². The van der Waals surface area contributed by atoms with Crippen molar-refractivity contribution in [2.75, 3.05) is 20.1 Å². The van der Waals surface area contributed by atoms with Crippen molar-refractivity contribution in [2.45, 2.75) is 133 Å². The first-order chi connectivity index (χ1) is 27.1. The van der Waals surface area contributed by atoms with E-state index in [1.54, 1.807) is 6.07 Å². The Bertz CT molecular complexity index is 1990. The van der Waals surface area contributed by atoms with Gasteiger partial charge in [-0.1, -0.05) is 11.3 Å². The van der Waals surface area contributed by atoms with Crippen LogP contribution in [0.4, 0.5) is 0 Å². The summed E-state index contributed by atoms with van der Waals surface area (Å²) in [6, 6.07) is 9.72. The van der Waals surface area contributed by atoms with Crippen molar-refractivity contribution in [3.63, 3.8) is 0 Å². The lowest BCUT2D eigenvalue weighted by molar-refractivity contribution is -0.169. The first-order valence-electron chi connectivity index (χ1n) is 20.6. The van der Waals surface area contributed by atoms with Crippen molar-refractivity contribution in [2.24, 2.45) is 11.8 Å². The van der Waals surface area contributed by atoms with Gasteiger partial charge in [0.25, 0.3) is 0 Å². The van der Waals surface area contributed by atoms with Crippen molar-refractivity contribution in [3.05, 3.63) is 67.0 Å². The number of fused-ring (bicyclic) bond motifs is 4. The van der Waals surface area contributed by atoms with E-state index >= 15 is 0 Å². The van der Waals surface area contributed by atoms with Crippen molar-refractivity contribution in [3.8, 4) is 0 Å². The summed E-state index contributed by atoms with van der Waals surface area (Å²) in [6.07, 6.45) is 8.73. The maximum atomic E-state index is 13.6. The van der Waals surface area contributed by atoms with Crippen LogP contribution >= 0.6 is 22.7 Å². The third-order valence-electron chi connectivity index (χ3n) is 13.1. The van der Waals surface area contributed by atoms with Gasteiger partial charge in [-0.25, -0.2) is 9.48 Å². The first-order valence-corrected chi connectivity index (χ1v) is 22.3. The van der Waals surface area contributed by atoms with E-state index in [0.717, 1.165) is 86.8 Å². The summed E-state index contributed by atoms with van der Waals surface area (Å²) >= 11 is 2.79. The van der Waals surface area contributed by atoms with Gasteiger partial charge in [0, 0.05) is 37.0 Å². The van der Waals surface area contributed by atoms with Gasteiger partial charge in [-0.3, -0.25) is 4.79 Å². The second-order valence-electron chi connectivity index (χ2n) is 16.6.